The van der Waals surface area contributed by atoms with E-state index in [1.807, 2.05) is 31.2 Å². The van der Waals surface area contributed by atoms with Crippen LogP contribution in [0.3, 0.4) is 0 Å². The predicted octanol–water partition coefficient (Wildman–Crippen LogP) is 4.71. The van der Waals surface area contributed by atoms with Crippen molar-refractivity contribution < 1.29 is 19.1 Å². The summed E-state index contributed by atoms with van der Waals surface area (Å²) in [5.41, 5.74) is 0.733. The molecular weight excluding hydrogens is 439 g/mol. The van der Waals surface area contributed by atoms with E-state index in [-0.39, 0.29) is 24.8 Å². The van der Waals surface area contributed by atoms with Gasteiger partial charge >= 0.3 is 0 Å². The summed E-state index contributed by atoms with van der Waals surface area (Å²) in [6.07, 6.45) is 1.24. The molecule has 0 fully saturated rings. The number of likely N-dealkylation sites (N-methyl/N-ethyl adjacent to an activating group) is 1. The quantitative estimate of drug-likeness (QED) is 0.486. The van der Waals surface area contributed by atoms with Crippen LogP contribution in [0.25, 0.3) is 0 Å². The van der Waals surface area contributed by atoms with Gasteiger partial charge in [0.1, 0.15) is 17.5 Å². The lowest BCUT2D eigenvalue weighted by Gasteiger charge is -2.30. The number of carbonyl (C=O) groups is 2. The SMILES string of the molecule is CCC(C(=O)NC)N(Cc1ccc(Cl)cc1Cl)C(=O)CCCOc1ccc(OC)cc1. The molecule has 1 atom stereocenters. The number of amides is 2. The van der Waals surface area contributed by atoms with E-state index < -0.39 is 6.04 Å². The Morgan fingerprint density at radius 3 is 2.35 bits per heavy atom. The van der Waals surface area contributed by atoms with Crippen LogP contribution in [0.2, 0.25) is 10.0 Å². The van der Waals surface area contributed by atoms with Crippen molar-refractivity contribution >= 4 is 35.0 Å². The minimum atomic E-state index is -0.591. The van der Waals surface area contributed by atoms with E-state index in [1.165, 1.54) is 0 Å². The molecule has 0 aliphatic rings. The molecule has 0 saturated heterocycles. The Labute approximate surface area is 193 Å². The van der Waals surface area contributed by atoms with Gasteiger partial charge in [-0.1, -0.05) is 36.2 Å². The average Bonchev–Trinajstić information content (AvgIpc) is 2.78. The van der Waals surface area contributed by atoms with E-state index >= 15 is 0 Å². The lowest BCUT2D eigenvalue weighted by Crippen LogP contribution is -2.48. The number of nitrogens with one attached hydrogen (secondary N) is 1. The number of hydrogen-bond acceptors (Lipinski definition) is 4. The van der Waals surface area contributed by atoms with Crippen LogP contribution in [-0.4, -0.2) is 43.5 Å². The third kappa shape index (κ3) is 7.33. The number of hydrogen-bond donors (Lipinski definition) is 1. The second-order valence-corrected chi connectivity index (χ2v) is 7.77. The van der Waals surface area contributed by atoms with Crippen molar-refractivity contribution in [2.45, 2.75) is 38.8 Å². The zero-order chi connectivity index (χ0) is 22.8. The van der Waals surface area contributed by atoms with Crippen molar-refractivity contribution in [1.29, 1.82) is 0 Å². The van der Waals surface area contributed by atoms with Gasteiger partial charge < -0.3 is 19.7 Å². The summed E-state index contributed by atoms with van der Waals surface area (Å²) in [5, 5.41) is 3.61. The third-order valence-corrected chi connectivity index (χ3v) is 5.44. The average molecular weight is 467 g/mol. The highest BCUT2D eigenvalue weighted by atomic mass is 35.5. The molecule has 2 aromatic carbocycles. The zero-order valence-corrected chi connectivity index (χ0v) is 19.5. The summed E-state index contributed by atoms with van der Waals surface area (Å²) in [7, 11) is 3.17. The Morgan fingerprint density at radius 1 is 1.10 bits per heavy atom. The van der Waals surface area contributed by atoms with Gasteiger partial charge in [-0.25, -0.2) is 0 Å². The van der Waals surface area contributed by atoms with Crippen LogP contribution in [0.15, 0.2) is 42.5 Å². The molecule has 2 rings (SSSR count). The molecule has 0 radical (unpaired) electrons. The number of ether oxygens (including phenoxy) is 2. The summed E-state index contributed by atoms with van der Waals surface area (Å²) in [6, 6.07) is 11.8. The fourth-order valence-corrected chi connectivity index (χ4v) is 3.62. The lowest BCUT2D eigenvalue weighted by molar-refractivity contribution is -0.141. The van der Waals surface area contributed by atoms with E-state index in [1.54, 1.807) is 37.3 Å². The van der Waals surface area contributed by atoms with Gasteiger partial charge in [0.15, 0.2) is 0 Å². The van der Waals surface area contributed by atoms with Gasteiger partial charge in [-0.2, -0.15) is 0 Å². The number of nitrogens with zero attached hydrogens (tertiary/aromatic N) is 1. The fraction of sp³-hybridized carbons (Fsp3) is 0.391. The monoisotopic (exact) mass is 466 g/mol. The molecule has 0 aromatic heterocycles. The molecule has 168 valence electrons. The standard InChI is InChI=1S/C23H28Cl2N2O4/c1-4-21(23(29)26-2)27(15-16-7-8-17(24)14-20(16)25)22(28)6-5-13-31-19-11-9-18(30-3)10-12-19/h7-12,14,21H,4-6,13,15H2,1-3H3,(H,26,29). The number of benzene rings is 2. The summed E-state index contributed by atoms with van der Waals surface area (Å²) in [6.45, 7) is 2.47. The van der Waals surface area contributed by atoms with E-state index in [0.29, 0.717) is 35.2 Å². The van der Waals surface area contributed by atoms with Crippen LogP contribution in [-0.2, 0) is 16.1 Å². The Bertz CT molecular complexity index is 874. The topological polar surface area (TPSA) is 67.9 Å². The van der Waals surface area contributed by atoms with Crippen molar-refractivity contribution in [2.75, 3.05) is 20.8 Å². The third-order valence-electron chi connectivity index (χ3n) is 4.85. The molecule has 2 aromatic rings. The second-order valence-electron chi connectivity index (χ2n) is 6.92. The molecule has 0 aliphatic heterocycles. The first-order valence-corrected chi connectivity index (χ1v) is 10.9. The molecule has 1 unspecified atom stereocenters. The molecule has 0 spiro atoms. The maximum absolute atomic E-state index is 13.0. The van der Waals surface area contributed by atoms with Crippen LogP contribution in [0.4, 0.5) is 0 Å². The Kier molecular flexibility index (Phi) is 9.95. The second kappa shape index (κ2) is 12.4. The minimum Gasteiger partial charge on any atom is -0.497 e. The van der Waals surface area contributed by atoms with Gasteiger partial charge in [0.25, 0.3) is 0 Å². The lowest BCUT2D eigenvalue weighted by atomic mass is 10.1. The van der Waals surface area contributed by atoms with Crippen LogP contribution >= 0.6 is 23.2 Å². The zero-order valence-electron chi connectivity index (χ0n) is 18.0. The molecule has 8 heteroatoms. The number of carbonyl (C=O) groups excluding carboxylic acids is 2. The molecule has 6 nitrogen and oxygen atoms in total. The van der Waals surface area contributed by atoms with Gasteiger partial charge in [-0.05, 0) is 54.8 Å². The highest BCUT2D eigenvalue weighted by Gasteiger charge is 2.28. The normalized spacial score (nSPS) is 11.5. The van der Waals surface area contributed by atoms with Crippen LogP contribution in [0.1, 0.15) is 31.7 Å². The fourth-order valence-electron chi connectivity index (χ4n) is 3.15. The molecule has 0 aliphatic carbocycles. The van der Waals surface area contributed by atoms with Gasteiger partial charge in [0.2, 0.25) is 11.8 Å². The van der Waals surface area contributed by atoms with Crippen molar-refractivity contribution in [2.24, 2.45) is 0 Å². The van der Waals surface area contributed by atoms with Gasteiger partial charge in [0.05, 0.1) is 13.7 Å². The summed E-state index contributed by atoms with van der Waals surface area (Å²) >= 11 is 12.3. The highest BCUT2D eigenvalue weighted by Crippen LogP contribution is 2.24. The number of methoxy groups -OCH3 is 1. The molecular formula is C23H28Cl2N2O4. The first-order valence-electron chi connectivity index (χ1n) is 10.1. The van der Waals surface area contributed by atoms with Crippen molar-refractivity contribution in [3.63, 3.8) is 0 Å². The Balaban J connectivity index is 2.03. The summed E-state index contributed by atoms with van der Waals surface area (Å²) < 4.78 is 10.8. The largest absolute Gasteiger partial charge is 0.497 e. The van der Waals surface area contributed by atoms with Crippen molar-refractivity contribution in [1.82, 2.24) is 10.2 Å². The Morgan fingerprint density at radius 2 is 1.77 bits per heavy atom. The Hall–Kier alpha value is -2.44. The van der Waals surface area contributed by atoms with E-state index in [4.69, 9.17) is 32.7 Å². The van der Waals surface area contributed by atoms with E-state index in [2.05, 4.69) is 5.32 Å². The van der Waals surface area contributed by atoms with Gasteiger partial charge in [-0.3, -0.25) is 9.59 Å². The van der Waals surface area contributed by atoms with Crippen LogP contribution in [0.5, 0.6) is 11.5 Å². The molecule has 2 amide bonds. The van der Waals surface area contributed by atoms with Crippen LogP contribution < -0.4 is 14.8 Å². The van der Waals surface area contributed by atoms with E-state index in [9.17, 15) is 9.59 Å². The minimum absolute atomic E-state index is 0.139. The maximum atomic E-state index is 13.0. The molecule has 1 N–H and O–H groups in total. The molecule has 31 heavy (non-hydrogen) atoms. The molecule has 0 saturated carbocycles. The number of halogens is 2. The van der Waals surface area contributed by atoms with Gasteiger partial charge in [-0.15, -0.1) is 0 Å². The highest BCUT2D eigenvalue weighted by molar-refractivity contribution is 6.35. The first kappa shape index (κ1) is 24.8. The van der Waals surface area contributed by atoms with Crippen molar-refractivity contribution in [3.8, 4) is 11.5 Å². The first-order chi connectivity index (χ1) is 14.9. The molecule has 0 bridgehead atoms. The number of rotatable bonds is 11. The summed E-state index contributed by atoms with van der Waals surface area (Å²) in [4.78, 5) is 27.0. The smallest absolute Gasteiger partial charge is 0.242 e. The van der Waals surface area contributed by atoms with E-state index in [0.717, 1.165) is 11.3 Å². The molecule has 0 heterocycles. The van der Waals surface area contributed by atoms with Crippen molar-refractivity contribution in [3.05, 3.63) is 58.1 Å². The predicted molar refractivity (Wildman–Crippen MR) is 123 cm³/mol. The summed E-state index contributed by atoms with van der Waals surface area (Å²) in [5.74, 6) is 1.10. The van der Waals surface area contributed by atoms with Crippen LogP contribution in [0, 0.1) is 0 Å². The maximum Gasteiger partial charge on any atom is 0.242 e. The van der Waals surface area contributed by atoms with Gasteiger partial charge in [0, 0.05) is 30.1 Å².